The van der Waals surface area contributed by atoms with Gasteiger partial charge < -0.3 is 18.0 Å². The molecule has 0 aromatic heterocycles. The highest BCUT2D eigenvalue weighted by Gasteiger charge is 2.33. The molecular weight excluding hydrogens is 228 g/mol. The Bertz CT molecular complexity index is 215. The SMILES string of the molecule is C=C[Si](OC)(OC)OC.CC=COC(C)=O. The highest BCUT2D eigenvalue weighted by atomic mass is 28.4. The van der Waals surface area contributed by atoms with Crippen LogP contribution in [0.15, 0.2) is 24.6 Å². The van der Waals surface area contributed by atoms with Crippen molar-refractivity contribution in [3.63, 3.8) is 0 Å². The van der Waals surface area contributed by atoms with Gasteiger partial charge in [0.25, 0.3) is 0 Å². The van der Waals surface area contributed by atoms with Gasteiger partial charge in [0.05, 0.1) is 6.26 Å². The number of carbonyl (C=O) groups is 1. The van der Waals surface area contributed by atoms with Gasteiger partial charge in [-0.15, -0.1) is 0 Å². The van der Waals surface area contributed by atoms with E-state index in [1.807, 2.05) is 0 Å². The normalized spacial score (nSPS) is 10.6. The van der Waals surface area contributed by atoms with Crippen LogP contribution in [0.25, 0.3) is 0 Å². The first-order valence-electron chi connectivity index (χ1n) is 4.59. The van der Waals surface area contributed by atoms with Crippen LogP contribution in [0.3, 0.4) is 0 Å². The van der Waals surface area contributed by atoms with E-state index in [1.165, 1.54) is 13.2 Å². The predicted molar refractivity (Wildman–Crippen MR) is 63.6 cm³/mol. The van der Waals surface area contributed by atoms with Gasteiger partial charge in [-0.3, -0.25) is 4.79 Å². The van der Waals surface area contributed by atoms with Crippen molar-refractivity contribution in [2.75, 3.05) is 21.3 Å². The Labute approximate surface area is 98.0 Å². The van der Waals surface area contributed by atoms with Crippen LogP contribution in [-0.2, 0) is 22.8 Å². The van der Waals surface area contributed by atoms with Crippen molar-refractivity contribution in [1.29, 1.82) is 0 Å². The standard InChI is InChI=1S/C5H12O3Si.C5H8O2/c1-5-9(6-2,7-3)8-4;1-3-4-7-5(2)6/h5H,1H2,2-4H3;3-4H,1-2H3. The molecule has 0 unspecified atom stereocenters. The van der Waals surface area contributed by atoms with Gasteiger partial charge >= 0.3 is 14.8 Å². The smallest absolute Gasteiger partial charge is 0.435 e. The first-order valence-corrected chi connectivity index (χ1v) is 6.39. The Morgan fingerprint density at radius 1 is 1.19 bits per heavy atom. The molecule has 0 aromatic carbocycles. The van der Waals surface area contributed by atoms with Crippen molar-refractivity contribution < 1.29 is 22.8 Å². The second-order valence-corrected chi connectivity index (χ2v) is 5.34. The van der Waals surface area contributed by atoms with E-state index in [0.29, 0.717) is 0 Å². The zero-order valence-electron chi connectivity index (χ0n) is 10.5. The van der Waals surface area contributed by atoms with Crippen molar-refractivity contribution in [1.82, 2.24) is 0 Å². The van der Waals surface area contributed by atoms with Gasteiger partial charge in [0.2, 0.25) is 0 Å². The fourth-order valence-corrected chi connectivity index (χ4v) is 1.66. The molecule has 0 atom stereocenters. The van der Waals surface area contributed by atoms with Crippen LogP contribution in [0.4, 0.5) is 0 Å². The number of hydrogen-bond acceptors (Lipinski definition) is 5. The van der Waals surface area contributed by atoms with Gasteiger partial charge in [0.1, 0.15) is 0 Å². The molecular formula is C10H20O5Si. The molecule has 0 aromatic rings. The van der Waals surface area contributed by atoms with Gasteiger partial charge in [-0.25, -0.2) is 0 Å². The Hall–Kier alpha value is -0.953. The zero-order valence-corrected chi connectivity index (χ0v) is 11.5. The molecule has 0 aliphatic rings. The van der Waals surface area contributed by atoms with E-state index in [2.05, 4.69) is 11.3 Å². The molecule has 0 spiro atoms. The lowest BCUT2D eigenvalue weighted by molar-refractivity contribution is -0.135. The van der Waals surface area contributed by atoms with Crippen molar-refractivity contribution in [2.45, 2.75) is 13.8 Å². The van der Waals surface area contributed by atoms with Crippen LogP contribution in [0.1, 0.15) is 13.8 Å². The summed E-state index contributed by atoms with van der Waals surface area (Å²) in [7, 11) is 2.20. The number of hydrogen-bond donors (Lipinski definition) is 0. The molecule has 0 saturated carbocycles. The third-order valence-electron chi connectivity index (χ3n) is 1.47. The molecule has 94 valence electrons. The number of ether oxygens (including phenoxy) is 1. The van der Waals surface area contributed by atoms with Gasteiger partial charge in [-0.2, -0.15) is 0 Å². The second-order valence-electron chi connectivity index (χ2n) is 2.50. The third-order valence-corrected chi connectivity index (χ3v) is 3.68. The van der Waals surface area contributed by atoms with Gasteiger partial charge in [0.15, 0.2) is 0 Å². The Morgan fingerprint density at radius 2 is 1.62 bits per heavy atom. The maximum absolute atomic E-state index is 9.93. The minimum Gasteiger partial charge on any atom is -0.435 e. The summed E-state index contributed by atoms with van der Waals surface area (Å²) in [5, 5.41) is 0. The Morgan fingerprint density at radius 3 is 1.69 bits per heavy atom. The average Bonchev–Trinajstić information content (AvgIpc) is 2.31. The summed E-state index contributed by atoms with van der Waals surface area (Å²) in [4.78, 5) is 9.93. The van der Waals surface area contributed by atoms with E-state index >= 15 is 0 Å². The maximum Gasteiger partial charge on any atom is 0.528 e. The second kappa shape index (κ2) is 10.6. The molecule has 6 heteroatoms. The summed E-state index contributed by atoms with van der Waals surface area (Å²) >= 11 is 0. The van der Waals surface area contributed by atoms with Crippen molar-refractivity contribution in [3.05, 3.63) is 24.6 Å². The van der Waals surface area contributed by atoms with E-state index < -0.39 is 8.80 Å². The molecule has 0 aliphatic heterocycles. The van der Waals surface area contributed by atoms with Crippen LogP contribution >= 0.6 is 0 Å². The fraction of sp³-hybridized carbons (Fsp3) is 0.500. The van der Waals surface area contributed by atoms with Crippen LogP contribution in [-0.4, -0.2) is 36.1 Å². The quantitative estimate of drug-likeness (QED) is 0.421. The Balaban J connectivity index is 0. The summed E-state index contributed by atoms with van der Waals surface area (Å²) in [6.07, 6.45) is 3.00. The van der Waals surface area contributed by atoms with Gasteiger partial charge in [-0.1, -0.05) is 12.7 Å². The van der Waals surface area contributed by atoms with E-state index in [9.17, 15) is 4.79 Å². The van der Waals surface area contributed by atoms with Crippen molar-refractivity contribution >= 4 is 14.8 Å². The van der Waals surface area contributed by atoms with Crippen molar-refractivity contribution in [2.24, 2.45) is 0 Å². The molecule has 16 heavy (non-hydrogen) atoms. The van der Waals surface area contributed by atoms with Crippen LogP contribution in [0, 0.1) is 0 Å². The summed E-state index contributed by atoms with van der Waals surface area (Å²) in [6.45, 7) is 6.67. The lowest BCUT2D eigenvalue weighted by Crippen LogP contribution is -2.40. The lowest BCUT2D eigenvalue weighted by Gasteiger charge is -2.19. The molecule has 0 saturated heterocycles. The topological polar surface area (TPSA) is 54.0 Å². The largest absolute Gasteiger partial charge is 0.528 e. The van der Waals surface area contributed by atoms with Crippen LogP contribution in [0.5, 0.6) is 0 Å². The number of carbonyl (C=O) groups excluding carboxylic acids is 1. The predicted octanol–water partition coefficient (Wildman–Crippen LogP) is 1.67. The summed E-state index contributed by atoms with van der Waals surface area (Å²) in [6, 6.07) is 0. The molecule has 0 bridgehead atoms. The molecule has 0 amide bonds. The van der Waals surface area contributed by atoms with Gasteiger partial charge in [0, 0.05) is 28.3 Å². The van der Waals surface area contributed by atoms with E-state index in [-0.39, 0.29) is 5.97 Å². The monoisotopic (exact) mass is 248 g/mol. The summed E-state index contributed by atoms with van der Waals surface area (Å²) in [5.41, 5.74) is 1.58. The fourth-order valence-electron chi connectivity index (χ4n) is 0.664. The minimum atomic E-state index is -2.43. The zero-order chi connectivity index (χ0) is 13.0. The van der Waals surface area contributed by atoms with E-state index in [1.54, 1.807) is 40.0 Å². The van der Waals surface area contributed by atoms with Gasteiger partial charge in [-0.05, 0) is 12.6 Å². The molecule has 0 fully saturated rings. The minimum absolute atomic E-state index is 0.280. The number of esters is 1. The first-order chi connectivity index (χ1) is 7.51. The lowest BCUT2D eigenvalue weighted by atomic mass is 10.7. The highest BCUT2D eigenvalue weighted by molar-refractivity contribution is 6.66. The maximum atomic E-state index is 9.93. The molecule has 0 rings (SSSR count). The number of allylic oxidation sites excluding steroid dienone is 1. The molecule has 0 radical (unpaired) electrons. The van der Waals surface area contributed by atoms with E-state index in [0.717, 1.165) is 0 Å². The summed E-state index contributed by atoms with van der Waals surface area (Å²) in [5.74, 6) is -0.280. The summed E-state index contributed by atoms with van der Waals surface area (Å²) < 4.78 is 19.3. The molecule has 0 aliphatic carbocycles. The average molecular weight is 248 g/mol. The molecule has 5 nitrogen and oxygen atoms in total. The third kappa shape index (κ3) is 8.36. The van der Waals surface area contributed by atoms with Crippen molar-refractivity contribution in [3.8, 4) is 0 Å². The molecule has 0 N–H and O–H groups in total. The van der Waals surface area contributed by atoms with Crippen LogP contribution in [0.2, 0.25) is 0 Å². The first kappa shape index (κ1) is 17.4. The Kier molecular flexibility index (Phi) is 11.5. The number of rotatable bonds is 5. The van der Waals surface area contributed by atoms with Crippen LogP contribution < -0.4 is 0 Å². The highest BCUT2D eigenvalue weighted by Crippen LogP contribution is 2.04. The molecule has 0 heterocycles. The van der Waals surface area contributed by atoms with E-state index in [4.69, 9.17) is 13.3 Å².